The molecule has 0 aliphatic heterocycles. The summed E-state index contributed by atoms with van der Waals surface area (Å²) >= 11 is 2.55. The van der Waals surface area contributed by atoms with Crippen LogP contribution in [0.15, 0.2) is 66.9 Å². The van der Waals surface area contributed by atoms with Crippen molar-refractivity contribution >= 4 is 34.5 Å². The fourth-order valence-corrected chi connectivity index (χ4v) is 4.42. The standard InChI is InChI=1S/C21H16N4O2S2/c1-13-17(29-21(23-13)15-10-6-3-7-11-15)19(27)25-24-18(26)16-12-22-20(28-16)14-8-4-2-5-9-14/h2-12H,1H3,(H,24,26)(H,25,27). The van der Waals surface area contributed by atoms with Gasteiger partial charge >= 0.3 is 0 Å². The zero-order valence-electron chi connectivity index (χ0n) is 15.4. The van der Waals surface area contributed by atoms with Crippen molar-refractivity contribution in [3.8, 4) is 21.1 Å². The highest BCUT2D eigenvalue weighted by Gasteiger charge is 2.18. The van der Waals surface area contributed by atoms with Gasteiger partial charge in [-0.15, -0.1) is 22.7 Å². The molecule has 2 amide bonds. The molecule has 8 heteroatoms. The fourth-order valence-electron chi connectivity index (χ4n) is 2.64. The summed E-state index contributed by atoms with van der Waals surface area (Å²) in [5, 5.41) is 1.50. The van der Waals surface area contributed by atoms with Crippen molar-refractivity contribution in [2.45, 2.75) is 6.92 Å². The van der Waals surface area contributed by atoms with E-state index in [1.165, 1.54) is 28.9 Å². The van der Waals surface area contributed by atoms with Crippen LogP contribution in [-0.4, -0.2) is 21.8 Å². The first-order chi connectivity index (χ1) is 14.1. The molecule has 0 aliphatic rings. The third kappa shape index (κ3) is 4.23. The fraction of sp³-hybridized carbons (Fsp3) is 0.0476. The molecule has 0 saturated heterocycles. The summed E-state index contributed by atoms with van der Waals surface area (Å²) in [6.07, 6.45) is 1.50. The molecule has 0 aliphatic carbocycles. The van der Waals surface area contributed by atoms with E-state index in [2.05, 4.69) is 20.8 Å². The SMILES string of the molecule is Cc1nc(-c2ccccc2)sc1C(=O)NNC(=O)c1cnc(-c2ccccc2)s1. The van der Waals surface area contributed by atoms with E-state index in [0.717, 1.165) is 21.1 Å². The van der Waals surface area contributed by atoms with Crippen LogP contribution in [0.4, 0.5) is 0 Å². The van der Waals surface area contributed by atoms with E-state index in [4.69, 9.17) is 0 Å². The van der Waals surface area contributed by atoms with Crippen molar-refractivity contribution in [3.63, 3.8) is 0 Å². The normalized spacial score (nSPS) is 10.5. The number of aryl methyl sites for hydroxylation is 1. The van der Waals surface area contributed by atoms with Crippen LogP contribution in [0.2, 0.25) is 0 Å². The Hall–Kier alpha value is -3.36. The van der Waals surface area contributed by atoms with Gasteiger partial charge in [-0.1, -0.05) is 60.7 Å². The third-order valence-electron chi connectivity index (χ3n) is 4.06. The Morgan fingerprint density at radius 2 is 1.38 bits per heavy atom. The van der Waals surface area contributed by atoms with E-state index < -0.39 is 11.8 Å². The van der Waals surface area contributed by atoms with Crippen LogP contribution < -0.4 is 10.9 Å². The van der Waals surface area contributed by atoms with E-state index in [-0.39, 0.29) is 0 Å². The van der Waals surface area contributed by atoms with Crippen LogP contribution in [0.3, 0.4) is 0 Å². The number of carbonyl (C=O) groups excluding carboxylic acids is 2. The van der Waals surface area contributed by atoms with Crippen molar-refractivity contribution in [3.05, 3.63) is 82.3 Å². The number of thiazole rings is 2. The van der Waals surface area contributed by atoms with Crippen LogP contribution in [0.1, 0.15) is 25.0 Å². The highest BCUT2D eigenvalue weighted by atomic mass is 32.1. The smallest absolute Gasteiger partial charge is 0.266 e. The van der Waals surface area contributed by atoms with Gasteiger partial charge in [0, 0.05) is 11.1 Å². The Balaban J connectivity index is 1.42. The lowest BCUT2D eigenvalue weighted by Gasteiger charge is -2.04. The van der Waals surface area contributed by atoms with Crippen LogP contribution in [0, 0.1) is 6.92 Å². The van der Waals surface area contributed by atoms with E-state index in [9.17, 15) is 9.59 Å². The first-order valence-corrected chi connectivity index (χ1v) is 10.4. The molecule has 2 aromatic heterocycles. The van der Waals surface area contributed by atoms with Gasteiger partial charge in [0.05, 0.1) is 11.9 Å². The first kappa shape index (κ1) is 19.0. The predicted molar refractivity (Wildman–Crippen MR) is 115 cm³/mol. The molecule has 0 unspecified atom stereocenters. The van der Waals surface area contributed by atoms with E-state index in [1.807, 2.05) is 60.7 Å². The Bertz CT molecular complexity index is 1150. The summed E-state index contributed by atoms with van der Waals surface area (Å²) < 4.78 is 0. The van der Waals surface area contributed by atoms with Gasteiger partial charge in [-0.25, -0.2) is 9.97 Å². The molecule has 0 fully saturated rings. The van der Waals surface area contributed by atoms with Crippen molar-refractivity contribution in [2.24, 2.45) is 0 Å². The lowest BCUT2D eigenvalue weighted by atomic mass is 10.2. The average Bonchev–Trinajstić information content (AvgIpc) is 3.40. The zero-order chi connectivity index (χ0) is 20.2. The Labute approximate surface area is 175 Å². The third-order valence-corrected chi connectivity index (χ3v) is 6.31. The number of rotatable bonds is 4. The number of amides is 2. The molecule has 2 N–H and O–H groups in total. The summed E-state index contributed by atoms with van der Waals surface area (Å²) in [5.74, 6) is -0.813. The number of nitrogens with zero attached hydrogens (tertiary/aromatic N) is 2. The van der Waals surface area contributed by atoms with Gasteiger partial charge in [0.25, 0.3) is 11.8 Å². The maximum Gasteiger partial charge on any atom is 0.281 e. The minimum absolute atomic E-state index is 0.400. The lowest BCUT2D eigenvalue weighted by Crippen LogP contribution is -2.41. The summed E-state index contributed by atoms with van der Waals surface area (Å²) in [4.78, 5) is 34.5. The Kier molecular flexibility index (Phi) is 5.46. The minimum atomic E-state index is -0.413. The second-order valence-corrected chi connectivity index (χ2v) is 8.13. The molecule has 2 aromatic carbocycles. The van der Waals surface area contributed by atoms with Gasteiger partial charge < -0.3 is 0 Å². The molecule has 0 atom stereocenters. The average molecular weight is 421 g/mol. The van der Waals surface area contributed by atoms with Gasteiger partial charge in [0.1, 0.15) is 19.8 Å². The van der Waals surface area contributed by atoms with Crippen LogP contribution in [0.25, 0.3) is 21.1 Å². The highest BCUT2D eigenvalue weighted by Crippen LogP contribution is 2.28. The van der Waals surface area contributed by atoms with Gasteiger partial charge in [0.15, 0.2) is 0 Å². The van der Waals surface area contributed by atoms with E-state index >= 15 is 0 Å². The van der Waals surface area contributed by atoms with Gasteiger partial charge in [0.2, 0.25) is 0 Å². The monoisotopic (exact) mass is 420 g/mol. The topological polar surface area (TPSA) is 84.0 Å². The predicted octanol–water partition coefficient (Wildman–Crippen LogP) is 4.32. The maximum absolute atomic E-state index is 12.5. The zero-order valence-corrected chi connectivity index (χ0v) is 17.0. The first-order valence-electron chi connectivity index (χ1n) is 8.76. The van der Waals surface area contributed by atoms with E-state index in [1.54, 1.807) is 6.92 Å². The van der Waals surface area contributed by atoms with Crippen molar-refractivity contribution in [1.29, 1.82) is 0 Å². The number of hydrazine groups is 1. The molecule has 29 heavy (non-hydrogen) atoms. The molecule has 0 radical (unpaired) electrons. The molecular formula is C21H16N4O2S2. The number of hydrogen-bond donors (Lipinski definition) is 2. The number of aromatic nitrogens is 2. The van der Waals surface area contributed by atoms with Crippen LogP contribution in [0.5, 0.6) is 0 Å². The van der Waals surface area contributed by atoms with E-state index in [0.29, 0.717) is 15.4 Å². The molecule has 0 saturated carbocycles. The number of nitrogens with one attached hydrogen (secondary N) is 2. The number of hydrogen-bond acceptors (Lipinski definition) is 6. The number of benzene rings is 2. The molecule has 144 valence electrons. The number of carbonyl (C=O) groups is 2. The van der Waals surface area contributed by atoms with Crippen molar-refractivity contribution in [2.75, 3.05) is 0 Å². The lowest BCUT2D eigenvalue weighted by molar-refractivity contribution is 0.0850. The van der Waals surface area contributed by atoms with Gasteiger partial charge in [-0.3, -0.25) is 20.4 Å². The van der Waals surface area contributed by atoms with Crippen LogP contribution >= 0.6 is 22.7 Å². The quantitative estimate of drug-likeness (QED) is 0.482. The Morgan fingerprint density at radius 1 is 0.793 bits per heavy atom. The Morgan fingerprint density at radius 3 is 2.03 bits per heavy atom. The molecular weight excluding hydrogens is 404 g/mol. The van der Waals surface area contributed by atoms with Crippen molar-refractivity contribution in [1.82, 2.24) is 20.8 Å². The molecule has 0 spiro atoms. The second kappa shape index (κ2) is 8.34. The molecule has 6 nitrogen and oxygen atoms in total. The van der Waals surface area contributed by atoms with Gasteiger partial charge in [-0.05, 0) is 6.92 Å². The summed E-state index contributed by atoms with van der Waals surface area (Å²) in [5.41, 5.74) is 7.41. The minimum Gasteiger partial charge on any atom is -0.266 e. The molecule has 0 bridgehead atoms. The van der Waals surface area contributed by atoms with Crippen LogP contribution in [-0.2, 0) is 0 Å². The molecule has 2 heterocycles. The summed E-state index contributed by atoms with van der Waals surface area (Å²) in [7, 11) is 0. The summed E-state index contributed by atoms with van der Waals surface area (Å²) in [6, 6.07) is 19.3. The highest BCUT2D eigenvalue weighted by molar-refractivity contribution is 7.17. The largest absolute Gasteiger partial charge is 0.281 e. The molecule has 4 aromatic rings. The molecule has 4 rings (SSSR count). The van der Waals surface area contributed by atoms with Crippen molar-refractivity contribution < 1.29 is 9.59 Å². The van der Waals surface area contributed by atoms with Gasteiger partial charge in [-0.2, -0.15) is 0 Å². The second-order valence-electron chi connectivity index (χ2n) is 6.10. The summed E-state index contributed by atoms with van der Waals surface area (Å²) in [6.45, 7) is 1.77. The maximum atomic E-state index is 12.5.